The van der Waals surface area contributed by atoms with Gasteiger partial charge >= 0.3 is 0 Å². The number of nitriles is 1. The summed E-state index contributed by atoms with van der Waals surface area (Å²) in [5.41, 5.74) is 2.79. The molecule has 3 aromatic rings. The average molecular weight is 586 g/mol. The molecule has 0 spiro atoms. The summed E-state index contributed by atoms with van der Waals surface area (Å²) in [6.45, 7) is 6.35. The van der Waals surface area contributed by atoms with Crippen LogP contribution in [-0.4, -0.2) is 12.5 Å². The fraction of sp³-hybridized carbons (Fsp3) is 0.143. The highest BCUT2D eigenvalue weighted by Crippen LogP contribution is 2.36. The summed E-state index contributed by atoms with van der Waals surface area (Å²) in [6, 6.07) is 18.0. The van der Waals surface area contributed by atoms with E-state index in [0.29, 0.717) is 45.8 Å². The highest BCUT2D eigenvalue weighted by atomic mass is 79.9. The lowest BCUT2D eigenvalue weighted by atomic mass is 10.0. The molecule has 0 aliphatic carbocycles. The second-order valence-electron chi connectivity index (χ2n) is 7.60. The van der Waals surface area contributed by atoms with E-state index in [1.54, 1.807) is 42.5 Å². The molecule has 1 N–H and O–H groups in total. The number of anilines is 1. The fourth-order valence-corrected chi connectivity index (χ4v) is 4.09. The van der Waals surface area contributed by atoms with Crippen LogP contribution < -0.4 is 14.8 Å². The lowest BCUT2D eigenvalue weighted by Gasteiger charge is -2.17. The van der Waals surface area contributed by atoms with E-state index in [1.807, 2.05) is 31.2 Å². The largest absolute Gasteiger partial charge is 0.490 e. The molecule has 0 aromatic heterocycles. The molecule has 0 aliphatic heterocycles. The standard InChI is InChI=1S/C28H23BrCl2N2O3/c1-3-6-20-11-19(12-21(16-32)28(34)33-23-8-5-7-22(29)15-23)14-26(35-4-2)27(20)36-17-18-9-10-24(30)25(31)13-18/h3,5,7-15H,1,4,6,17H2,2H3,(H,33,34)/b21-12-. The summed E-state index contributed by atoms with van der Waals surface area (Å²) < 4.78 is 12.8. The monoisotopic (exact) mass is 584 g/mol. The van der Waals surface area contributed by atoms with Crippen molar-refractivity contribution in [3.8, 4) is 17.6 Å². The number of nitrogens with one attached hydrogen (secondary N) is 1. The Bertz CT molecular complexity index is 1350. The number of amides is 1. The zero-order valence-corrected chi connectivity index (χ0v) is 22.6. The molecule has 184 valence electrons. The van der Waals surface area contributed by atoms with Crippen molar-refractivity contribution in [1.82, 2.24) is 0 Å². The smallest absolute Gasteiger partial charge is 0.266 e. The van der Waals surface area contributed by atoms with Crippen LogP contribution in [-0.2, 0) is 17.8 Å². The normalized spacial score (nSPS) is 10.9. The Balaban J connectivity index is 1.93. The molecule has 0 unspecified atom stereocenters. The Labute approximate surface area is 229 Å². The van der Waals surface area contributed by atoms with E-state index in [2.05, 4.69) is 27.8 Å². The second kappa shape index (κ2) is 13.2. The molecule has 0 heterocycles. The number of ether oxygens (including phenoxy) is 2. The van der Waals surface area contributed by atoms with Gasteiger partial charge in [-0.3, -0.25) is 4.79 Å². The van der Waals surface area contributed by atoms with Gasteiger partial charge in [-0.2, -0.15) is 5.26 Å². The fourth-order valence-electron chi connectivity index (χ4n) is 3.37. The summed E-state index contributed by atoms with van der Waals surface area (Å²) in [6.07, 6.45) is 3.76. The van der Waals surface area contributed by atoms with Gasteiger partial charge < -0.3 is 14.8 Å². The van der Waals surface area contributed by atoms with Crippen molar-refractivity contribution in [2.75, 3.05) is 11.9 Å². The van der Waals surface area contributed by atoms with Crippen molar-refractivity contribution in [3.63, 3.8) is 0 Å². The molecule has 3 aromatic carbocycles. The van der Waals surface area contributed by atoms with Crippen LogP contribution in [0.15, 0.2) is 77.3 Å². The van der Waals surface area contributed by atoms with Crippen molar-refractivity contribution in [1.29, 1.82) is 5.26 Å². The molecule has 5 nitrogen and oxygen atoms in total. The van der Waals surface area contributed by atoms with E-state index in [-0.39, 0.29) is 12.2 Å². The summed E-state index contributed by atoms with van der Waals surface area (Å²) >= 11 is 15.5. The van der Waals surface area contributed by atoms with Crippen LogP contribution >= 0.6 is 39.1 Å². The minimum atomic E-state index is -0.515. The first-order valence-corrected chi connectivity index (χ1v) is 12.6. The van der Waals surface area contributed by atoms with Gasteiger partial charge in [0.2, 0.25) is 0 Å². The van der Waals surface area contributed by atoms with E-state index >= 15 is 0 Å². The van der Waals surface area contributed by atoms with Gasteiger partial charge in [-0.05, 0) is 73.0 Å². The van der Waals surface area contributed by atoms with E-state index in [0.717, 1.165) is 15.6 Å². The maximum absolute atomic E-state index is 12.7. The minimum Gasteiger partial charge on any atom is -0.490 e. The molecule has 3 rings (SSSR count). The number of halogens is 3. The van der Waals surface area contributed by atoms with Gasteiger partial charge in [-0.15, -0.1) is 6.58 Å². The highest BCUT2D eigenvalue weighted by Gasteiger charge is 2.16. The molecule has 0 aliphatic rings. The van der Waals surface area contributed by atoms with Crippen LogP contribution in [0, 0.1) is 11.3 Å². The number of allylic oxidation sites excluding steroid dienone is 1. The van der Waals surface area contributed by atoms with Crippen LogP contribution in [0.2, 0.25) is 10.0 Å². The zero-order chi connectivity index (χ0) is 26.1. The van der Waals surface area contributed by atoms with Crippen LogP contribution in [0.5, 0.6) is 11.5 Å². The SMILES string of the molecule is C=CCc1cc(/C=C(/C#N)C(=O)Nc2cccc(Br)c2)cc(OCC)c1OCc1ccc(Cl)c(Cl)c1. The van der Waals surface area contributed by atoms with E-state index in [1.165, 1.54) is 6.08 Å². The lowest BCUT2D eigenvalue weighted by molar-refractivity contribution is -0.112. The van der Waals surface area contributed by atoms with Crippen LogP contribution in [0.3, 0.4) is 0 Å². The molecule has 8 heteroatoms. The first-order chi connectivity index (χ1) is 17.3. The summed E-state index contributed by atoms with van der Waals surface area (Å²) in [4.78, 5) is 12.7. The van der Waals surface area contributed by atoms with Gasteiger partial charge in [0.1, 0.15) is 18.2 Å². The van der Waals surface area contributed by atoms with Crippen molar-refractivity contribution in [2.45, 2.75) is 20.0 Å². The summed E-state index contributed by atoms with van der Waals surface area (Å²) in [5.74, 6) is 0.531. The van der Waals surface area contributed by atoms with Gasteiger partial charge in [0.15, 0.2) is 11.5 Å². The molecule has 0 fully saturated rings. The molecule has 0 saturated carbocycles. The van der Waals surface area contributed by atoms with Gasteiger partial charge in [0, 0.05) is 15.7 Å². The zero-order valence-electron chi connectivity index (χ0n) is 19.5. The summed E-state index contributed by atoms with van der Waals surface area (Å²) in [5, 5.41) is 13.3. The van der Waals surface area contributed by atoms with Gasteiger partial charge in [0.25, 0.3) is 5.91 Å². The molecular weight excluding hydrogens is 563 g/mol. The Hall–Kier alpha value is -3.24. The molecule has 0 radical (unpaired) electrons. The number of carbonyl (C=O) groups excluding carboxylic acids is 1. The number of hydrogen-bond acceptors (Lipinski definition) is 4. The molecule has 0 atom stereocenters. The van der Waals surface area contributed by atoms with Gasteiger partial charge in [0.05, 0.1) is 16.7 Å². The van der Waals surface area contributed by atoms with E-state index in [9.17, 15) is 10.1 Å². The third kappa shape index (κ3) is 7.38. The van der Waals surface area contributed by atoms with Crippen molar-refractivity contribution < 1.29 is 14.3 Å². The number of carbonyl (C=O) groups is 1. The van der Waals surface area contributed by atoms with E-state index in [4.69, 9.17) is 32.7 Å². The Kier molecular flexibility index (Phi) is 10.0. The predicted octanol–water partition coefficient (Wildman–Crippen LogP) is 8.01. The molecule has 1 amide bonds. The Morgan fingerprint density at radius 2 is 1.94 bits per heavy atom. The van der Waals surface area contributed by atoms with Crippen molar-refractivity contribution in [2.24, 2.45) is 0 Å². The van der Waals surface area contributed by atoms with Crippen molar-refractivity contribution in [3.05, 3.63) is 104 Å². The molecular formula is C28H23BrCl2N2O3. The average Bonchev–Trinajstić information content (AvgIpc) is 2.84. The predicted molar refractivity (Wildman–Crippen MR) is 149 cm³/mol. The topological polar surface area (TPSA) is 71.4 Å². The molecule has 36 heavy (non-hydrogen) atoms. The third-order valence-electron chi connectivity index (χ3n) is 4.94. The maximum Gasteiger partial charge on any atom is 0.266 e. The number of rotatable bonds is 10. The number of nitrogens with zero attached hydrogens (tertiary/aromatic N) is 1. The van der Waals surface area contributed by atoms with Gasteiger partial charge in [-0.25, -0.2) is 0 Å². The molecule has 0 saturated heterocycles. The second-order valence-corrected chi connectivity index (χ2v) is 9.33. The van der Waals surface area contributed by atoms with Crippen LogP contribution in [0.25, 0.3) is 6.08 Å². The quantitative estimate of drug-likeness (QED) is 0.149. The van der Waals surface area contributed by atoms with Gasteiger partial charge in [-0.1, -0.05) is 57.3 Å². The summed E-state index contributed by atoms with van der Waals surface area (Å²) in [7, 11) is 0. The van der Waals surface area contributed by atoms with E-state index < -0.39 is 5.91 Å². The first kappa shape index (κ1) is 27.3. The Morgan fingerprint density at radius 3 is 2.61 bits per heavy atom. The Morgan fingerprint density at radius 1 is 1.14 bits per heavy atom. The number of hydrogen-bond donors (Lipinski definition) is 1. The minimum absolute atomic E-state index is 0.0496. The van der Waals surface area contributed by atoms with Crippen LogP contribution in [0.4, 0.5) is 5.69 Å². The first-order valence-electron chi connectivity index (χ1n) is 11.0. The van der Waals surface area contributed by atoms with Crippen LogP contribution in [0.1, 0.15) is 23.6 Å². The highest BCUT2D eigenvalue weighted by molar-refractivity contribution is 9.10. The lowest BCUT2D eigenvalue weighted by Crippen LogP contribution is -2.13. The van der Waals surface area contributed by atoms with Crippen molar-refractivity contribution >= 4 is 56.8 Å². The number of benzene rings is 3. The third-order valence-corrected chi connectivity index (χ3v) is 6.18. The molecule has 0 bridgehead atoms. The maximum atomic E-state index is 12.7.